The van der Waals surface area contributed by atoms with Crippen LogP contribution in [0.25, 0.3) is 0 Å². The molecule has 106 valence electrons. The van der Waals surface area contributed by atoms with Crippen molar-refractivity contribution < 1.29 is 9.59 Å². The predicted molar refractivity (Wildman–Crippen MR) is 80.6 cm³/mol. The lowest BCUT2D eigenvalue weighted by Crippen LogP contribution is -2.30. The summed E-state index contributed by atoms with van der Waals surface area (Å²) in [5, 5.41) is 0. The van der Waals surface area contributed by atoms with Crippen molar-refractivity contribution in [2.24, 2.45) is 5.73 Å². The summed E-state index contributed by atoms with van der Waals surface area (Å²) in [6.07, 6.45) is 0.224. The molecule has 2 amide bonds. The molecular weight excluding hydrogens is 264 g/mol. The molecule has 1 aliphatic rings. The lowest BCUT2D eigenvalue weighted by molar-refractivity contribution is -0.121. The molecule has 1 atom stereocenters. The van der Waals surface area contributed by atoms with Crippen LogP contribution >= 0.6 is 0 Å². The topological polar surface area (TPSA) is 63.4 Å². The lowest BCUT2D eigenvalue weighted by atomic mass is 9.98. The summed E-state index contributed by atoms with van der Waals surface area (Å²) in [5.74, 6) is -0.700. The van der Waals surface area contributed by atoms with Crippen LogP contribution in [0, 0.1) is 0 Å². The Labute approximate surface area is 123 Å². The highest BCUT2D eigenvalue weighted by atomic mass is 16.2. The fourth-order valence-electron chi connectivity index (χ4n) is 2.63. The smallest absolute Gasteiger partial charge is 0.241 e. The van der Waals surface area contributed by atoms with Gasteiger partial charge in [-0.3, -0.25) is 14.5 Å². The van der Waals surface area contributed by atoms with Crippen LogP contribution in [-0.4, -0.2) is 11.8 Å². The van der Waals surface area contributed by atoms with Gasteiger partial charge in [-0.15, -0.1) is 0 Å². The van der Waals surface area contributed by atoms with Crippen LogP contribution < -0.4 is 10.6 Å². The molecule has 1 fully saturated rings. The maximum absolute atomic E-state index is 12.6. The van der Waals surface area contributed by atoms with Crippen molar-refractivity contribution in [2.45, 2.75) is 18.9 Å². The molecule has 0 aliphatic carbocycles. The highest BCUT2D eigenvalue weighted by molar-refractivity contribution is 6.22. The van der Waals surface area contributed by atoms with Gasteiger partial charge in [0.1, 0.15) is 0 Å². The van der Waals surface area contributed by atoms with Gasteiger partial charge in [0.25, 0.3) is 0 Å². The second-order valence-electron chi connectivity index (χ2n) is 5.11. The monoisotopic (exact) mass is 280 g/mol. The Morgan fingerprint density at radius 2 is 1.67 bits per heavy atom. The summed E-state index contributed by atoms with van der Waals surface area (Å²) in [4.78, 5) is 26.0. The van der Waals surface area contributed by atoms with E-state index >= 15 is 0 Å². The average Bonchev–Trinajstić information content (AvgIpc) is 2.83. The van der Waals surface area contributed by atoms with Gasteiger partial charge in [-0.1, -0.05) is 42.5 Å². The molecule has 1 heterocycles. The standard InChI is InChI=1S/C17H16N2O2/c18-11-12-6-8-14(9-7-12)19-16(20)10-15(17(19)21)13-4-2-1-3-5-13/h1-9,15H,10-11,18H2. The minimum absolute atomic E-state index is 0.158. The molecule has 1 saturated heterocycles. The van der Waals surface area contributed by atoms with Crippen LogP contribution in [0.5, 0.6) is 0 Å². The van der Waals surface area contributed by atoms with E-state index in [2.05, 4.69) is 0 Å². The van der Waals surface area contributed by atoms with E-state index in [0.29, 0.717) is 12.2 Å². The molecule has 21 heavy (non-hydrogen) atoms. The van der Waals surface area contributed by atoms with Crippen molar-refractivity contribution in [3.8, 4) is 0 Å². The minimum Gasteiger partial charge on any atom is -0.326 e. The molecule has 0 radical (unpaired) electrons. The number of carbonyl (C=O) groups is 2. The third-order valence-electron chi connectivity index (χ3n) is 3.78. The highest BCUT2D eigenvalue weighted by Crippen LogP contribution is 2.33. The van der Waals surface area contributed by atoms with Crippen molar-refractivity contribution in [3.05, 3.63) is 65.7 Å². The molecule has 1 unspecified atom stereocenters. The molecule has 0 bridgehead atoms. The first-order chi connectivity index (χ1) is 10.2. The third kappa shape index (κ3) is 2.45. The van der Waals surface area contributed by atoms with Crippen molar-refractivity contribution in [1.82, 2.24) is 0 Å². The van der Waals surface area contributed by atoms with E-state index in [4.69, 9.17) is 5.73 Å². The summed E-state index contributed by atoms with van der Waals surface area (Å²) < 4.78 is 0. The highest BCUT2D eigenvalue weighted by Gasteiger charge is 2.40. The van der Waals surface area contributed by atoms with Gasteiger partial charge in [-0.25, -0.2) is 0 Å². The summed E-state index contributed by atoms with van der Waals surface area (Å²) in [5.41, 5.74) is 8.03. The molecule has 4 nitrogen and oxygen atoms in total. The zero-order chi connectivity index (χ0) is 14.8. The molecule has 2 aromatic carbocycles. The number of nitrogens with two attached hydrogens (primary N) is 1. The van der Waals surface area contributed by atoms with Gasteiger partial charge in [0.05, 0.1) is 11.6 Å². The van der Waals surface area contributed by atoms with E-state index in [9.17, 15) is 9.59 Å². The molecule has 0 aromatic heterocycles. The minimum atomic E-state index is -0.382. The summed E-state index contributed by atoms with van der Waals surface area (Å²) in [6.45, 7) is 0.439. The number of hydrogen-bond acceptors (Lipinski definition) is 3. The maximum Gasteiger partial charge on any atom is 0.241 e. The van der Waals surface area contributed by atoms with Crippen LogP contribution in [0.4, 0.5) is 5.69 Å². The largest absolute Gasteiger partial charge is 0.326 e. The van der Waals surface area contributed by atoms with E-state index in [-0.39, 0.29) is 24.2 Å². The summed E-state index contributed by atoms with van der Waals surface area (Å²) >= 11 is 0. The number of hydrogen-bond donors (Lipinski definition) is 1. The number of benzene rings is 2. The number of amides is 2. The number of anilines is 1. The van der Waals surface area contributed by atoms with Crippen LogP contribution in [0.3, 0.4) is 0 Å². The van der Waals surface area contributed by atoms with Gasteiger partial charge in [0.2, 0.25) is 11.8 Å². The van der Waals surface area contributed by atoms with Gasteiger partial charge >= 0.3 is 0 Å². The Balaban J connectivity index is 1.90. The Hall–Kier alpha value is -2.46. The predicted octanol–water partition coefficient (Wildman–Crippen LogP) is 2.19. The van der Waals surface area contributed by atoms with Crippen molar-refractivity contribution in [3.63, 3.8) is 0 Å². The molecule has 0 spiro atoms. The Morgan fingerprint density at radius 3 is 2.29 bits per heavy atom. The normalized spacial score (nSPS) is 18.3. The van der Waals surface area contributed by atoms with Gasteiger partial charge < -0.3 is 5.73 Å². The molecule has 2 N–H and O–H groups in total. The average molecular weight is 280 g/mol. The number of imide groups is 1. The van der Waals surface area contributed by atoms with E-state index in [0.717, 1.165) is 11.1 Å². The fraction of sp³-hybridized carbons (Fsp3) is 0.176. The molecule has 1 aliphatic heterocycles. The van der Waals surface area contributed by atoms with E-state index in [1.54, 1.807) is 12.1 Å². The van der Waals surface area contributed by atoms with Crippen LogP contribution in [0.1, 0.15) is 23.5 Å². The number of nitrogens with zero attached hydrogens (tertiary/aromatic N) is 1. The Kier molecular flexibility index (Phi) is 3.54. The molecule has 0 saturated carbocycles. The fourth-order valence-corrected chi connectivity index (χ4v) is 2.63. The third-order valence-corrected chi connectivity index (χ3v) is 3.78. The van der Waals surface area contributed by atoms with Crippen LogP contribution in [0.15, 0.2) is 54.6 Å². The summed E-state index contributed by atoms with van der Waals surface area (Å²) in [7, 11) is 0. The first-order valence-electron chi connectivity index (χ1n) is 6.91. The second kappa shape index (κ2) is 5.50. The second-order valence-corrected chi connectivity index (χ2v) is 5.11. The van der Waals surface area contributed by atoms with Gasteiger partial charge in [0.15, 0.2) is 0 Å². The summed E-state index contributed by atoms with van der Waals surface area (Å²) in [6, 6.07) is 16.6. The first-order valence-corrected chi connectivity index (χ1v) is 6.91. The SMILES string of the molecule is NCc1ccc(N2C(=O)CC(c3ccccc3)C2=O)cc1. The van der Waals surface area contributed by atoms with Crippen molar-refractivity contribution >= 4 is 17.5 Å². The van der Waals surface area contributed by atoms with Gasteiger partial charge in [-0.05, 0) is 23.3 Å². The first kappa shape index (κ1) is 13.5. The number of rotatable bonds is 3. The van der Waals surface area contributed by atoms with Gasteiger partial charge in [-0.2, -0.15) is 0 Å². The van der Waals surface area contributed by atoms with E-state index in [1.807, 2.05) is 42.5 Å². The van der Waals surface area contributed by atoms with Crippen LogP contribution in [-0.2, 0) is 16.1 Å². The molecule has 4 heteroatoms. The zero-order valence-corrected chi connectivity index (χ0v) is 11.5. The molecule has 2 aromatic rings. The number of carbonyl (C=O) groups excluding carboxylic acids is 2. The molecule has 3 rings (SSSR count). The van der Waals surface area contributed by atoms with E-state index < -0.39 is 0 Å². The zero-order valence-electron chi connectivity index (χ0n) is 11.5. The van der Waals surface area contributed by atoms with Crippen molar-refractivity contribution in [1.29, 1.82) is 0 Å². The van der Waals surface area contributed by atoms with Crippen LogP contribution in [0.2, 0.25) is 0 Å². The molecular formula is C17H16N2O2. The Bertz CT molecular complexity index is 665. The lowest BCUT2D eigenvalue weighted by Gasteiger charge is -2.15. The van der Waals surface area contributed by atoms with E-state index in [1.165, 1.54) is 4.90 Å². The quantitative estimate of drug-likeness (QED) is 0.877. The van der Waals surface area contributed by atoms with Crippen molar-refractivity contribution in [2.75, 3.05) is 4.90 Å². The maximum atomic E-state index is 12.6. The van der Waals surface area contributed by atoms with Gasteiger partial charge in [0, 0.05) is 13.0 Å². The Morgan fingerprint density at radius 1 is 1.00 bits per heavy atom.